The first-order chi connectivity index (χ1) is 13.0. The lowest BCUT2D eigenvalue weighted by Crippen LogP contribution is -2.15. The van der Waals surface area contributed by atoms with Gasteiger partial charge in [-0.2, -0.15) is 5.10 Å². The molecular weight excluding hydrogens is 383 g/mol. The van der Waals surface area contributed by atoms with Crippen LogP contribution in [0, 0.1) is 0 Å². The predicted octanol–water partition coefficient (Wildman–Crippen LogP) is 5.19. The number of carbonyl (C=O) groups excluding carboxylic acids is 1. The molecule has 0 spiro atoms. The van der Waals surface area contributed by atoms with E-state index in [0.29, 0.717) is 32.6 Å². The average molecular weight is 397 g/mol. The summed E-state index contributed by atoms with van der Waals surface area (Å²) in [5.41, 5.74) is 2.64. The van der Waals surface area contributed by atoms with Crippen LogP contribution < -0.4 is 5.32 Å². The van der Waals surface area contributed by atoms with Crippen LogP contribution in [0.4, 0.5) is 5.82 Å². The zero-order valence-corrected chi connectivity index (χ0v) is 15.8. The highest BCUT2D eigenvalue weighted by atomic mass is 35.5. The molecule has 0 saturated carbocycles. The van der Waals surface area contributed by atoms with Gasteiger partial charge in [0.2, 0.25) is 0 Å². The minimum Gasteiger partial charge on any atom is -0.307 e. The quantitative estimate of drug-likeness (QED) is 0.517. The molecule has 4 aromatic rings. The molecule has 5 nitrogen and oxygen atoms in total. The summed E-state index contributed by atoms with van der Waals surface area (Å²) < 4.78 is 1.60. The van der Waals surface area contributed by atoms with Gasteiger partial charge < -0.3 is 5.32 Å². The van der Waals surface area contributed by atoms with Crippen molar-refractivity contribution in [1.82, 2.24) is 14.8 Å². The molecule has 0 unspecified atom stereocenters. The maximum absolute atomic E-state index is 12.7. The molecule has 1 N–H and O–H groups in total. The van der Waals surface area contributed by atoms with Crippen LogP contribution in [0.25, 0.3) is 22.2 Å². The summed E-state index contributed by atoms with van der Waals surface area (Å²) in [6.45, 7) is 0. The normalized spacial score (nSPS) is 10.9. The van der Waals surface area contributed by atoms with Gasteiger partial charge in [-0.3, -0.25) is 14.5 Å². The predicted molar refractivity (Wildman–Crippen MR) is 108 cm³/mol. The van der Waals surface area contributed by atoms with Gasteiger partial charge in [-0.15, -0.1) is 0 Å². The molecule has 0 bridgehead atoms. The van der Waals surface area contributed by atoms with Crippen molar-refractivity contribution in [2.45, 2.75) is 0 Å². The highest BCUT2D eigenvalue weighted by Crippen LogP contribution is 2.26. The summed E-state index contributed by atoms with van der Waals surface area (Å²) >= 11 is 12.3. The van der Waals surface area contributed by atoms with E-state index in [1.165, 1.54) is 0 Å². The Hall–Kier alpha value is -2.89. The first-order valence-corrected chi connectivity index (χ1v) is 8.92. The smallest absolute Gasteiger partial charge is 0.258 e. The Morgan fingerprint density at radius 1 is 1.07 bits per heavy atom. The standard InChI is InChI=1S/C20H14Cl2N4O/c1-26-19(11-18(25-26)12-4-2-6-14(21)8-12)24-20(27)15-10-17-13(9-16(15)22)5-3-7-23-17/h2-11H,1H3,(H,24,27). The molecule has 0 radical (unpaired) electrons. The van der Waals surface area contributed by atoms with Gasteiger partial charge in [0, 0.05) is 35.3 Å². The van der Waals surface area contributed by atoms with Crippen molar-refractivity contribution in [2.24, 2.45) is 7.05 Å². The van der Waals surface area contributed by atoms with Crippen molar-refractivity contribution >= 4 is 45.8 Å². The molecule has 0 fully saturated rings. The van der Waals surface area contributed by atoms with E-state index in [0.717, 1.165) is 10.9 Å². The number of carbonyl (C=O) groups is 1. The summed E-state index contributed by atoms with van der Waals surface area (Å²) in [5.74, 6) is 0.223. The third-order valence-electron chi connectivity index (χ3n) is 4.18. The molecule has 134 valence electrons. The molecule has 2 heterocycles. The van der Waals surface area contributed by atoms with E-state index < -0.39 is 0 Å². The fourth-order valence-corrected chi connectivity index (χ4v) is 3.27. The molecule has 1 amide bonds. The van der Waals surface area contributed by atoms with Gasteiger partial charge in [0.15, 0.2) is 0 Å². The average Bonchev–Trinajstić information content (AvgIpc) is 3.01. The fraction of sp³-hybridized carbons (Fsp3) is 0.0500. The third-order valence-corrected chi connectivity index (χ3v) is 4.73. The van der Waals surface area contributed by atoms with Gasteiger partial charge >= 0.3 is 0 Å². The number of hydrogen-bond acceptors (Lipinski definition) is 3. The summed E-state index contributed by atoms with van der Waals surface area (Å²) in [6, 6.07) is 16.3. The van der Waals surface area contributed by atoms with E-state index in [2.05, 4.69) is 15.4 Å². The molecule has 0 aliphatic heterocycles. The van der Waals surface area contributed by atoms with E-state index in [9.17, 15) is 4.79 Å². The van der Waals surface area contributed by atoms with Crippen LogP contribution in [0.1, 0.15) is 10.4 Å². The zero-order chi connectivity index (χ0) is 19.0. The minimum atomic E-state index is -0.326. The molecule has 0 aliphatic carbocycles. The summed E-state index contributed by atoms with van der Waals surface area (Å²) in [6.07, 6.45) is 1.68. The van der Waals surface area contributed by atoms with Crippen LogP contribution in [-0.2, 0) is 7.05 Å². The third kappa shape index (κ3) is 3.52. The van der Waals surface area contributed by atoms with Crippen molar-refractivity contribution in [3.05, 3.63) is 76.4 Å². The van der Waals surface area contributed by atoms with E-state index in [1.54, 1.807) is 42.2 Å². The van der Waals surface area contributed by atoms with Crippen LogP contribution >= 0.6 is 23.2 Å². The van der Waals surface area contributed by atoms with E-state index in [-0.39, 0.29) is 5.91 Å². The maximum Gasteiger partial charge on any atom is 0.258 e. The lowest BCUT2D eigenvalue weighted by Gasteiger charge is -2.08. The number of amides is 1. The maximum atomic E-state index is 12.7. The van der Waals surface area contributed by atoms with Crippen LogP contribution in [0.2, 0.25) is 10.0 Å². The van der Waals surface area contributed by atoms with Crippen molar-refractivity contribution in [3.8, 4) is 11.3 Å². The second-order valence-corrected chi connectivity index (χ2v) is 6.87. The van der Waals surface area contributed by atoms with Crippen molar-refractivity contribution in [3.63, 3.8) is 0 Å². The Morgan fingerprint density at radius 2 is 1.93 bits per heavy atom. The van der Waals surface area contributed by atoms with Gasteiger partial charge in [-0.25, -0.2) is 0 Å². The van der Waals surface area contributed by atoms with Crippen LogP contribution in [-0.4, -0.2) is 20.7 Å². The molecule has 2 aromatic carbocycles. The number of rotatable bonds is 3. The van der Waals surface area contributed by atoms with E-state index in [4.69, 9.17) is 23.2 Å². The molecule has 7 heteroatoms. The zero-order valence-electron chi connectivity index (χ0n) is 14.3. The molecule has 4 rings (SSSR count). The lowest BCUT2D eigenvalue weighted by atomic mass is 10.1. The number of benzene rings is 2. The van der Waals surface area contributed by atoms with Crippen molar-refractivity contribution in [2.75, 3.05) is 5.32 Å². The van der Waals surface area contributed by atoms with Gasteiger partial charge in [-0.05, 0) is 30.3 Å². The topological polar surface area (TPSA) is 59.8 Å². The largest absolute Gasteiger partial charge is 0.307 e. The first-order valence-electron chi connectivity index (χ1n) is 8.17. The molecule has 0 saturated heterocycles. The summed E-state index contributed by atoms with van der Waals surface area (Å²) in [7, 11) is 1.76. The molecule has 2 aromatic heterocycles. The SMILES string of the molecule is Cn1nc(-c2cccc(Cl)c2)cc1NC(=O)c1cc2ncccc2cc1Cl. The summed E-state index contributed by atoms with van der Waals surface area (Å²) in [5, 5.41) is 9.16. The highest BCUT2D eigenvalue weighted by molar-refractivity contribution is 6.35. The number of nitrogens with one attached hydrogen (secondary N) is 1. The highest BCUT2D eigenvalue weighted by Gasteiger charge is 2.15. The van der Waals surface area contributed by atoms with Crippen LogP contribution in [0.3, 0.4) is 0 Å². The Labute approximate surface area is 165 Å². The molecule has 0 atom stereocenters. The Bertz CT molecular complexity index is 1170. The Balaban J connectivity index is 1.65. The number of anilines is 1. The number of pyridine rings is 1. The van der Waals surface area contributed by atoms with Gasteiger partial charge in [0.25, 0.3) is 5.91 Å². The number of halogens is 2. The number of nitrogens with zero attached hydrogens (tertiary/aromatic N) is 3. The molecule has 0 aliphatic rings. The number of hydrogen-bond donors (Lipinski definition) is 1. The van der Waals surface area contributed by atoms with E-state index in [1.807, 2.05) is 30.3 Å². The Morgan fingerprint density at radius 3 is 2.74 bits per heavy atom. The minimum absolute atomic E-state index is 0.326. The number of fused-ring (bicyclic) bond motifs is 1. The van der Waals surface area contributed by atoms with Crippen molar-refractivity contribution < 1.29 is 4.79 Å². The fourth-order valence-electron chi connectivity index (χ4n) is 2.82. The van der Waals surface area contributed by atoms with E-state index >= 15 is 0 Å². The number of aryl methyl sites for hydroxylation is 1. The van der Waals surface area contributed by atoms with Crippen LogP contribution in [0.5, 0.6) is 0 Å². The first kappa shape index (κ1) is 17.5. The monoisotopic (exact) mass is 396 g/mol. The van der Waals surface area contributed by atoms with Gasteiger partial charge in [-0.1, -0.05) is 41.4 Å². The van der Waals surface area contributed by atoms with Gasteiger partial charge in [0.1, 0.15) is 5.82 Å². The molecule has 27 heavy (non-hydrogen) atoms. The lowest BCUT2D eigenvalue weighted by molar-refractivity contribution is 0.102. The second kappa shape index (κ2) is 7.02. The number of aromatic nitrogens is 3. The second-order valence-electron chi connectivity index (χ2n) is 6.03. The van der Waals surface area contributed by atoms with Crippen molar-refractivity contribution in [1.29, 1.82) is 0 Å². The summed E-state index contributed by atoms with van der Waals surface area (Å²) in [4.78, 5) is 17.0. The Kier molecular flexibility index (Phi) is 4.56. The van der Waals surface area contributed by atoms with Gasteiger partial charge in [0.05, 0.1) is 21.8 Å². The van der Waals surface area contributed by atoms with Crippen LogP contribution in [0.15, 0.2) is 60.8 Å². The molecular formula is C20H14Cl2N4O.